The number of carbonyl (C=O) groups is 1. The molecule has 118 valence electrons. The lowest BCUT2D eigenvalue weighted by molar-refractivity contribution is -0.152. The second kappa shape index (κ2) is 7.34. The van der Waals surface area contributed by atoms with Gasteiger partial charge in [-0.15, -0.1) is 0 Å². The van der Waals surface area contributed by atoms with Crippen LogP contribution in [-0.2, 0) is 16.6 Å². The van der Waals surface area contributed by atoms with E-state index in [1.165, 1.54) is 24.6 Å². The largest absolute Gasteiger partial charge is 0.461 e. The molecule has 4 nitrogen and oxygen atoms in total. The molecule has 1 aliphatic carbocycles. The topological polar surface area (TPSA) is 44.1 Å². The average molecular weight is 310 g/mol. The van der Waals surface area contributed by atoms with Crippen LogP contribution in [0.4, 0.5) is 0 Å². The van der Waals surface area contributed by atoms with Crippen LogP contribution < -0.4 is 0 Å². The lowest BCUT2D eigenvalue weighted by Crippen LogP contribution is -2.36. The third-order valence-corrected chi connectivity index (χ3v) is 5.37. The molecule has 1 aromatic heterocycles. The molecule has 0 bridgehead atoms. The molecule has 1 aliphatic rings. The SMILES string of the molecule is CC(C)[C@@H]1CC[C@@H](C)C[C@H]1OC(=O)CSc1nccn1C. The van der Waals surface area contributed by atoms with Crippen LogP contribution in [0.5, 0.6) is 0 Å². The van der Waals surface area contributed by atoms with Crippen LogP contribution in [0.1, 0.15) is 40.0 Å². The van der Waals surface area contributed by atoms with Gasteiger partial charge in [0, 0.05) is 19.4 Å². The summed E-state index contributed by atoms with van der Waals surface area (Å²) in [6.45, 7) is 6.70. The van der Waals surface area contributed by atoms with Crippen LogP contribution in [0.25, 0.3) is 0 Å². The quantitative estimate of drug-likeness (QED) is 0.616. The van der Waals surface area contributed by atoms with Crippen LogP contribution in [0.2, 0.25) is 0 Å². The molecule has 0 N–H and O–H groups in total. The lowest BCUT2D eigenvalue weighted by Gasteiger charge is -2.36. The van der Waals surface area contributed by atoms with Crippen molar-refractivity contribution in [2.24, 2.45) is 24.8 Å². The van der Waals surface area contributed by atoms with Crippen molar-refractivity contribution in [1.82, 2.24) is 9.55 Å². The number of thioether (sulfide) groups is 1. The number of aryl methyl sites for hydroxylation is 1. The van der Waals surface area contributed by atoms with E-state index in [2.05, 4.69) is 25.8 Å². The lowest BCUT2D eigenvalue weighted by atomic mass is 9.75. The maximum atomic E-state index is 12.1. The second-order valence-electron chi connectivity index (χ2n) is 6.46. The number of carbonyl (C=O) groups excluding carboxylic acids is 1. The molecule has 0 radical (unpaired) electrons. The molecule has 0 amide bonds. The fourth-order valence-corrected chi connectivity index (χ4v) is 3.78. The molecule has 0 spiro atoms. The maximum absolute atomic E-state index is 12.1. The Morgan fingerprint density at radius 3 is 2.90 bits per heavy atom. The Labute approximate surface area is 131 Å². The summed E-state index contributed by atoms with van der Waals surface area (Å²) in [7, 11) is 1.93. The van der Waals surface area contributed by atoms with Crippen molar-refractivity contribution in [3.05, 3.63) is 12.4 Å². The van der Waals surface area contributed by atoms with Gasteiger partial charge < -0.3 is 9.30 Å². The molecule has 0 saturated heterocycles. The Balaban J connectivity index is 1.86. The summed E-state index contributed by atoms with van der Waals surface area (Å²) >= 11 is 1.44. The number of ether oxygens (including phenoxy) is 1. The van der Waals surface area contributed by atoms with Gasteiger partial charge in [0.25, 0.3) is 0 Å². The maximum Gasteiger partial charge on any atom is 0.316 e. The molecule has 21 heavy (non-hydrogen) atoms. The monoisotopic (exact) mass is 310 g/mol. The minimum atomic E-state index is -0.118. The highest BCUT2D eigenvalue weighted by molar-refractivity contribution is 7.99. The van der Waals surface area contributed by atoms with Crippen molar-refractivity contribution < 1.29 is 9.53 Å². The van der Waals surface area contributed by atoms with Gasteiger partial charge in [-0.2, -0.15) is 0 Å². The fourth-order valence-electron chi connectivity index (χ4n) is 3.07. The summed E-state index contributed by atoms with van der Waals surface area (Å²) < 4.78 is 7.69. The van der Waals surface area contributed by atoms with E-state index in [-0.39, 0.29) is 12.1 Å². The van der Waals surface area contributed by atoms with E-state index in [9.17, 15) is 4.79 Å². The molecule has 5 heteroatoms. The first kappa shape index (κ1) is 16.4. The summed E-state index contributed by atoms with van der Waals surface area (Å²) in [5.41, 5.74) is 0. The number of rotatable bonds is 5. The molecule has 3 atom stereocenters. The summed E-state index contributed by atoms with van der Waals surface area (Å²) in [6, 6.07) is 0. The first-order chi connectivity index (χ1) is 9.97. The standard InChI is InChI=1S/C16H26N2O2S/c1-11(2)13-6-5-12(3)9-14(13)20-15(19)10-21-16-17-7-8-18(16)4/h7-8,11-14H,5-6,9-10H2,1-4H3/t12-,13+,14-/m1/s1. The fraction of sp³-hybridized carbons (Fsp3) is 0.750. The molecule has 2 rings (SSSR count). The number of hydrogen-bond donors (Lipinski definition) is 0. The predicted octanol–water partition coefficient (Wildman–Crippen LogP) is 3.52. The minimum absolute atomic E-state index is 0.0863. The molecule has 1 saturated carbocycles. The Hall–Kier alpha value is -0.970. The number of hydrogen-bond acceptors (Lipinski definition) is 4. The van der Waals surface area contributed by atoms with Crippen molar-refractivity contribution in [3.63, 3.8) is 0 Å². The first-order valence-corrected chi connectivity index (χ1v) is 8.75. The van der Waals surface area contributed by atoms with E-state index < -0.39 is 0 Å². The minimum Gasteiger partial charge on any atom is -0.461 e. The van der Waals surface area contributed by atoms with Gasteiger partial charge in [0.15, 0.2) is 5.16 Å². The Bertz CT molecular complexity index is 473. The zero-order chi connectivity index (χ0) is 15.4. The van der Waals surface area contributed by atoms with Crippen LogP contribution in [-0.4, -0.2) is 27.4 Å². The number of aromatic nitrogens is 2. The molecule has 1 aromatic rings. The van der Waals surface area contributed by atoms with Crippen molar-refractivity contribution in [2.45, 2.75) is 51.3 Å². The predicted molar refractivity (Wildman–Crippen MR) is 85.2 cm³/mol. The van der Waals surface area contributed by atoms with Crippen LogP contribution in [0.15, 0.2) is 17.6 Å². The number of nitrogens with zero attached hydrogens (tertiary/aromatic N) is 2. The molecule has 0 unspecified atom stereocenters. The molecule has 1 fully saturated rings. The summed E-state index contributed by atoms with van der Waals surface area (Å²) in [6.07, 6.45) is 7.13. The third-order valence-electron chi connectivity index (χ3n) is 4.34. The van der Waals surface area contributed by atoms with Crippen molar-refractivity contribution in [1.29, 1.82) is 0 Å². The summed E-state index contributed by atoms with van der Waals surface area (Å²) in [5.74, 6) is 1.94. The van der Waals surface area contributed by atoms with Crippen LogP contribution in [0.3, 0.4) is 0 Å². The number of esters is 1. The number of imidazole rings is 1. The second-order valence-corrected chi connectivity index (χ2v) is 7.41. The molecular formula is C16H26N2O2S. The summed E-state index contributed by atoms with van der Waals surface area (Å²) in [5, 5.41) is 0.851. The molecular weight excluding hydrogens is 284 g/mol. The Morgan fingerprint density at radius 1 is 1.52 bits per heavy atom. The van der Waals surface area contributed by atoms with Gasteiger partial charge >= 0.3 is 5.97 Å². The Kier molecular flexibility index (Phi) is 5.73. The highest BCUT2D eigenvalue weighted by atomic mass is 32.2. The third kappa shape index (κ3) is 4.50. The van der Waals surface area contributed by atoms with Crippen molar-refractivity contribution >= 4 is 17.7 Å². The van der Waals surface area contributed by atoms with E-state index in [1.807, 2.05) is 17.8 Å². The normalized spacial score (nSPS) is 26.0. The van der Waals surface area contributed by atoms with E-state index >= 15 is 0 Å². The zero-order valence-corrected chi connectivity index (χ0v) is 14.2. The van der Waals surface area contributed by atoms with Crippen molar-refractivity contribution in [3.8, 4) is 0 Å². The Morgan fingerprint density at radius 2 is 2.29 bits per heavy atom. The van der Waals surface area contributed by atoms with Gasteiger partial charge in [0.2, 0.25) is 0 Å². The van der Waals surface area contributed by atoms with Gasteiger partial charge in [0.05, 0.1) is 5.75 Å². The van der Waals surface area contributed by atoms with Gasteiger partial charge in [-0.05, 0) is 30.6 Å². The smallest absolute Gasteiger partial charge is 0.316 e. The highest BCUT2D eigenvalue weighted by Gasteiger charge is 2.33. The van der Waals surface area contributed by atoms with Crippen LogP contribution in [0, 0.1) is 17.8 Å². The molecule has 1 heterocycles. The van der Waals surface area contributed by atoms with E-state index in [1.54, 1.807) is 6.20 Å². The van der Waals surface area contributed by atoms with Gasteiger partial charge in [-0.1, -0.05) is 39.0 Å². The average Bonchev–Trinajstić information content (AvgIpc) is 2.81. The zero-order valence-electron chi connectivity index (χ0n) is 13.4. The highest BCUT2D eigenvalue weighted by Crippen LogP contribution is 2.35. The molecule has 0 aliphatic heterocycles. The van der Waals surface area contributed by atoms with Gasteiger partial charge in [-0.25, -0.2) is 4.98 Å². The van der Waals surface area contributed by atoms with Gasteiger partial charge in [0.1, 0.15) is 6.10 Å². The molecule has 0 aromatic carbocycles. The summed E-state index contributed by atoms with van der Waals surface area (Å²) in [4.78, 5) is 16.3. The van der Waals surface area contributed by atoms with E-state index in [0.717, 1.165) is 11.6 Å². The van der Waals surface area contributed by atoms with Crippen LogP contribution >= 0.6 is 11.8 Å². The van der Waals surface area contributed by atoms with Gasteiger partial charge in [-0.3, -0.25) is 4.79 Å². The van der Waals surface area contributed by atoms with E-state index in [0.29, 0.717) is 23.5 Å². The van der Waals surface area contributed by atoms with E-state index in [4.69, 9.17) is 4.74 Å². The van der Waals surface area contributed by atoms with Crippen molar-refractivity contribution in [2.75, 3.05) is 5.75 Å². The first-order valence-electron chi connectivity index (χ1n) is 7.77.